The van der Waals surface area contributed by atoms with Gasteiger partial charge in [-0.1, -0.05) is 26.8 Å². The minimum absolute atomic E-state index is 0.251. The Hall–Kier alpha value is -1.64. The van der Waals surface area contributed by atoms with Gasteiger partial charge in [0.25, 0.3) is 0 Å². The summed E-state index contributed by atoms with van der Waals surface area (Å²) in [6, 6.07) is 2.33. The Kier molecular flexibility index (Phi) is 4.51. The van der Waals surface area contributed by atoms with Crippen molar-refractivity contribution in [2.75, 3.05) is 13.6 Å². The number of aromatic nitrogens is 1. The Morgan fingerprint density at radius 1 is 1.03 bits per heavy atom. The molecule has 1 aliphatic heterocycles. The molecule has 2 heterocycles. The number of likely N-dealkylation sites (tertiary alicyclic amines) is 1. The molecule has 1 aromatic heterocycles. The van der Waals surface area contributed by atoms with Crippen LogP contribution in [-0.4, -0.2) is 29.4 Å². The van der Waals surface area contributed by atoms with Crippen molar-refractivity contribution in [2.45, 2.75) is 72.6 Å². The summed E-state index contributed by atoms with van der Waals surface area (Å²) < 4.78 is 0. The minimum Gasteiger partial charge on any atom is -0.346 e. The SMILES string of the molecule is Cc1cncc(C2=CC[C@H]3[C@]4(C)CC[C@H]5CC(=O)N(C)CC[C@]5(C)[C@H]4CC[C@]23C)c1. The maximum Gasteiger partial charge on any atom is 0.222 e. The molecular formula is C27H38N2O. The number of amides is 1. The Bertz CT molecular complexity index is 906. The van der Waals surface area contributed by atoms with Gasteiger partial charge >= 0.3 is 0 Å². The first-order valence-electron chi connectivity index (χ1n) is 12.0. The molecule has 0 aromatic carbocycles. The number of carbonyl (C=O) groups is 1. The predicted molar refractivity (Wildman–Crippen MR) is 122 cm³/mol. The van der Waals surface area contributed by atoms with Crippen molar-refractivity contribution in [3.8, 4) is 0 Å². The first kappa shape index (κ1) is 20.3. The standard InChI is InChI=1S/C27H38N2O/c1-18-14-19(17-28-16-18)21-6-7-22-26(21,3)11-9-23-25(2)12-13-29(5)24(30)15-20(25)8-10-27(22,23)4/h6,14,16-17,20,22-23H,7-13,15H2,1-5H3/t20-,22+,23+,25-,26+,27-/m0/s1. The molecule has 1 aromatic rings. The number of nitrogens with zero attached hydrogens (tertiary/aromatic N) is 2. The quantitative estimate of drug-likeness (QED) is 0.583. The molecule has 0 spiro atoms. The lowest BCUT2D eigenvalue weighted by Crippen LogP contribution is -2.57. The predicted octanol–water partition coefficient (Wildman–Crippen LogP) is 5.88. The van der Waals surface area contributed by atoms with Crippen LogP contribution in [0.4, 0.5) is 0 Å². The van der Waals surface area contributed by atoms with Crippen LogP contribution in [0.3, 0.4) is 0 Å². The van der Waals surface area contributed by atoms with Crippen LogP contribution in [0.2, 0.25) is 0 Å². The Labute approximate surface area is 182 Å². The lowest BCUT2D eigenvalue weighted by molar-refractivity contribution is -0.144. The molecular weight excluding hydrogens is 368 g/mol. The van der Waals surface area contributed by atoms with E-state index in [1.807, 2.05) is 18.1 Å². The van der Waals surface area contributed by atoms with E-state index in [0.29, 0.717) is 28.6 Å². The van der Waals surface area contributed by atoms with Crippen LogP contribution < -0.4 is 0 Å². The first-order valence-corrected chi connectivity index (χ1v) is 12.0. The van der Waals surface area contributed by atoms with E-state index in [1.54, 1.807) is 5.57 Å². The number of rotatable bonds is 1. The van der Waals surface area contributed by atoms with E-state index < -0.39 is 0 Å². The van der Waals surface area contributed by atoms with Crippen LogP contribution in [-0.2, 0) is 4.79 Å². The number of hydrogen-bond acceptors (Lipinski definition) is 2. The van der Waals surface area contributed by atoms with Gasteiger partial charge < -0.3 is 4.90 Å². The molecule has 1 saturated heterocycles. The maximum absolute atomic E-state index is 12.6. The third-order valence-corrected chi connectivity index (χ3v) is 10.3. The number of hydrogen-bond donors (Lipinski definition) is 0. The van der Waals surface area contributed by atoms with Crippen LogP contribution >= 0.6 is 0 Å². The second-order valence-electron chi connectivity index (χ2n) is 11.7. The van der Waals surface area contributed by atoms with Crippen molar-refractivity contribution in [2.24, 2.45) is 34.0 Å². The molecule has 3 aliphatic carbocycles. The van der Waals surface area contributed by atoms with E-state index in [-0.39, 0.29) is 5.41 Å². The van der Waals surface area contributed by atoms with Crippen molar-refractivity contribution in [3.05, 3.63) is 35.7 Å². The van der Waals surface area contributed by atoms with Crippen molar-refractivity contribution in [1.82, 2.24) is 9.88 Å². The number of carbonyl (C=O) groups excluding carboxylic acids is 1. The molecule has 3 fully saturated rings. The van der Waals surface area contributed by atoms with Crippen molar-refractivity contribution < 1.29 is 4.79 Å². The second-order valence-corrected chi connectivity index (χ2v) is 11.7. The topological polar surface area (TPSA) is 33.2 Å². The van der Waals surface area contributed by atoms with Gasteiger partial charge in [0.05, 0.1) is 0 Å². The first-order chi connectivity index (χ1) is 14.2. The molecule has 2 saturated carbocycles. The third-order valence-electron chi connectivity index (χ3n) is 10.3. The average molecular weight is 407 g/mol. The molecule has 3 heteroatoms. The summed E-state index contributed by atoms with van der Waals surface area (Å²) in [5, 5.41) is 0. The maximum atomic E-state index is 12.6. The zero-order chi connectivity index (χ0) is 21.3. The normalized spacial score (nSPS) is 43.4. The zero-order valence-corrected chi connectivity index (χ0v) is 19.5. The molecule has 1 amide bonds. The highest BCUT2D eigenvalue weighted by Crippen LogP contribution is 2.71. The van der Waals surface area contributed by atoms with E-state index in [1.165, 1.54) is 49.7 Å². The van der Waals surface area contributed by atoms with Gasteiger partial charge in [0.15, 0.2) is 0 Å². The number of pyridine rings is 1. The van der Waals surface area contributed by atoms with E-state index in [2.05, 4.69) is 51.0 Å². The van der Waals surface area contributed by atoms with E-state index >= 15 is 0 Å². The van der Waals surface area contributed by atoms with Gasteiger partial charge in [0.2, 0.25) is 5.91 Å². The highest BCUT2D eigenvalue weighted by Gasteiger charge is 2.63. The van der Waals surface area contributed by atoms with Gasteiger partial charge in [-0.05, 0) is 102 Å². The van der Waals surface area contributed by atoms with Crippen LogP contribution in [0.25, 0.3) is 5.57 Å². The molecule has 30 heavy (non-hydrogen) atoms. The molecule has 3 nitrogen and oxygen atoms in total. The molecule has 0 bridgehead atoms. The fourth-order valence-electron chi connectivity index (χ4n) is 8.53. The highest BCUT2D eigenvalue weighted by atomic mass is 16.2. The third kappa shape index (κ3) is 2.69. The Balaban J connectivity index is 1.49. The van der Waals surface area contributed by atoms with Crippen LogP contribution in [0.5, 0.6) is 0 Å². The van der Waals surface area contributed by atoms with Gasteiger partial charge in [-0.15, -0.1) is 0 Å². The van der Waals surface area contributed by atoms with Crippen molar-refractivity contribution in [3.63, 3.8) is 0 Å². The largest absolute Gasteiger partial charge is 0.346 e. The molecule has 162 valence electrons. The van der Waals surface area contributed by atoms with Crippen LogP contribution in [0, 0.1) is 40.9 Å². The van der Waals surface area contributed by atoms with Crippen molar-refractivity contribution in [1.29, 1.82) is 0 Å². The summed E-state index contributed by atoms with van der Waals surface area (Å²) in [4.78, 5) is 19.1. The van der Waals surface area contributed by atoms with E-state index in [4.69, 9.17) is 0 Å². The van der Waals surface area contributed by atoms with Crippen molar-refractivity contribution >= 4 is 11.5 Å². The lowest BCUT2D eigenvalue weighted by atomic mass is 9.40. The lowest BCUT2D eigenvalue weighted by Gasteiger charge is -2.64. The monoisotopic (exact) mass is 406 g/mol. The fourth-order valence-corrected chi connectivity index (χ4v) is 8.53. The molecule has 5 rings (SSSR count). The van der Waals surface area contributed by atoms with Crippen LogP contribution in [0.15, 0.2) is 24.5 Å². The number of fused-ring (bicyclic) bond motifs is 5. The van der Waals surface area contributed by atoms with Gasteiger partial charge in [-0.25, -0.2) is 0 Å². The summed E-state index contributed by atoms with van der Waals surface area (Å²) in [6.07, 6.45) is 14.8. The summed E-state index contributed by atoms with van der Waals surface area (Å²) in [7, 11) is 2.00. The molecule has 0 unspecified atom stereocenters. The highest BCUT2D eigenvalue weighted by molar-refractivity contribution is 5.76. The summed E-state index contributed by atoms with van der Waals surface area (Å²) in [5.41, 5.74) is 5.04. The molecule has 0 N–H and O–H groups in total. The fraction of sp³-hybridized carbons (Fsp3) is 0.704. The minimum atomic E-state index is 0.251. The smallest absolute Gasteiger partial charge is 0.222 e. The van der Waals surface area contributed by atoms with Gasteiger partial charge in [-0.2, -0.15) is 0 Å². The van der Waals surface area contributed by atoms with E-state index in [0.717, 1.165) is 18.9 Å². The summed E-state index contributed by atoms with van der Waals surface area (Å²) in [5.74, 6) is 2.36. The summed E-state index contributed by atoms with van der Waals surface area (Å²) in [6.45, 7) is 10.8. The summed E-state index contributed by atoms with van der Waals surface area (Å²) >= 11 is 0. The number of aryl methyl sites for hydroxylation is 1. The van der Waals surface area contributed by atoms with Gasteiger partial charge in [0.1, 0.15) is 0 Å². The van der Waals surface area contributed by atoms with Gasteiger partial charge in [0, 0.05) is 32.4 Å². The molecule has 4 aliphatic rings. The van der Waals surface area contributed by atoms with E-state index in [9.17, 15) is 4.79 Å². The molecule has 0 radical (unpaired) electrons. The Morgan fingerprint density at radius 2 is 1.83 bits per heavy atom. The molecule has 6 atom stereocenters. The average Bonchev–Trinajstić information content (AvgIpc) is 3.01. The second kappa shape index (κ2) is 6.68. The Morgan fingerprint density at radius 3 is 2.60 bits per heavy atom. The van der Waals surface area contributed by atoms with Gasteiger partial charge in [-0.3, -0.25) is 9.78 Å². The zero-order valence-electron chi connectivity index (χ0n) is 19.5. The number of allylic oxidation sites excluding steroid dienone is 2. The van der Waals surface area contributed by atoms with Crippen LogP contribution in [0.1, 0.15) is 76.8 Å².